The fourth-order valence-electron chi connectivity index (χ4n) is 3.45. The van der Waals surface area contributed by atoms with Crippen LogP contribution in [-0.2, 0) is 19.4 Å². The molecule has 0 saturated carbocycles. The number of nitrogens with one attached hydrogen (secondary N) is 1. The Morgan fingerprint density at radius 3 is 2.64 bits per heavy atom. The summed E-state index contributed by atoms with van der Waals surface area (Å²) in [4.78, 5) is 15.6. The number of amides is 2. The summed E-state index contributed by atoms with van der Waals surface area (Å²) in [5.74, 6) is 1.98. The number of hydrogen-bond acceptors (Lipinski definition) is 4. The molecule has 0 spiro atoms. The molecule has 0 unspecified atom stereocenters. The van der Waals surface area contributed by atoms with E-state index in [0.29, 0.717) is 39.1 Å². The van der Waals surface area contributed by atoms with Gasteiger partial charge in [-0.1, -0.05) is 6.42 Å². The molecule has 2 amide bonds. The van der Waals surface area contributed by atoms with Crippen LogP contribution in [-0.4, -0.2) is 76.3 Å². The van der Waals surface area contributed by atoms with E-state index in [1.54, 1.807) is 9.80 Å². The zero-order valence-corrected chi connectivity index (χ0v) is 14.5. The number of halogens is 2. The first-order valence-corrected chi connectivity index (χ1v) is 9.07. The Morgan fingerprint density at radius 2 is 1.88 bits per heavy atom. The number of carbonyl (C=O) groups excluding carboxylic acids is 1. The van der Waals surface area contributed by atoms with Gasteiger partial charge in [0.2, 0.25) is 0 Å². The summed E-state index contributed by atoms with van der Waals surface area (Å²) in [5.41, 5.74) is 0. The zero-order chi connectivity index (χ0) is 17.6. The summed E-state index contributed by atoms with van der Waals surface area (Å²) in [6, 6.07) is -0.132. The molecule has 2 aliphatic rings. The van der Waals surface area contributed by atoms with Gasteiger partial charge in [-0.25, -0.2) is 13.6 Å². The number of piperazine rings is 1. The first-order valence-electron chi connectivity index (χ1n) is 9.07. The average Bonchev–Trinajstić information content (AvgIpc) is 2.82. The third-order valence-corrected chi connectivity index (χ3v) is 4.87. The van der Waals surface area contributed by atoms with Crippen LogP contribution in [0.1, 0.15) is 30.9 Å². The van der Waals surface area contributed by atoms with Crippen LogP contribution in [0.4, 0.5) is 13.6 Å². The Morgan fingerprint density at radius 1 is 1.08 bits per heavy atom. The van der Waals surface area contributed by atoms with Crippen molar-refractivity contribution in [1.82, 2.24) is 29.9 Å². The lowest BCUT2D eigenvalue weighted by molar-refractivity contribution is 0.0636. The largest absolute Gasteiger partial charge is 0.338 e. The highest BCUT2D eigenvalue weighted by molar-refractivity contribution is 5.74. The highest BCUT2D eigenvalue weighted by Crippen LogP contribution is 2.14. The van der Waals surface area contributed by atoms with Crippen molar-refractivity contribution in [2.75, 3.05) is 39.3 Å². The van der Waals surface area contributed by atoms with Crippen molar-refractivity contribution < 1.29 is 13.6 Å². The van der Waals surface area contributed by atoms with Gasteiger partial charge < -0.3 is 14.8 Å². The molecule has 0 radical (unpaired) electrons. The fraction of sp³-hybridized carbons (Fsp3) is 0.812. The van der Waals surface area contributed by atoms with Gasteiger partial charge in [0, 0.05) is 52.1 Å². The fourth-order valence-corrected chi connectivity index (χ4v) is 3.45. The highest BCUT2D eigenvalue weighted by Gasteiger charge is 2.22. The molecule has 0 atom stereocenters. The molecular weight excluding hydrogens is 330 g/mol. The number of rotatable bonds is 5. The Balaban J connectivity index is 1.41. The van der Waals surface area contributed by atoms with Gasteiger partial charge in [0.05, 0.1) is 6.54 Å². The molecule has 3 heterocycles. The molecule has 1 aromatic heterocycles. The predicted octanol–water partition coefficient (Wildman–Crippen LogP) is 1.14. The minimum Gasteiger partial charge on any atom is -0.338 e. The number of aryl methyl sites for hydroxylation is 1. The summed E-state index contributed by atoms with van der Waals surface area (Å²) in [6.45, 7) is 3.21. The number of aromatic nitrogens is 3. The monoisotopic (exact) mass is 356 g/mol. The lowest BCUT2D eigenvalue weighted by Gasteiger charge is -2.34. The topological polar surface area (TPSA) is 66.3 Å². The summed E-state index contributed by atoms with van der Waals surface area (Å²) >= 11 is 0. The first kappa shape index (κ1) is 18.0. The second-order valence-corrected chi connectivity index (χ2v) is 6.66. The molecule has 3 rings (SSSR count). The van der Waals surface area contributed by atoms with Crippen LogP contribution < -0.4 is 5.32 Å². The van der Waals surface area contributed by atoms with Gasteiger partial charge in [0.25, 0.3) is 6.43 Å². The van der Waals surface area contributed by atoms with E-state index >= 15 is 0 Å². The molecule has 0 aliphatic carbocycles. The standard InChI is InChI=1S/C16H26F2N6O/c17-13(18)12-22-8-10-23(11-9-22)16(25)19-6-5-15-21-20-14-4-2-1-3-7-24(14)15/h13H,1-12H2,(H,19,25). The van der Waals surface area contributed by atoms with Gasteiger partial charge in [-0.05, 0) is 12.8 Å². The molecule has 140 valence electrons. The lowest BCUT2D eigenvalue weighted by atomic mass is 10.2. The van der Waals surface area contributed by atoms with E-state index in [0.717, 1.165) is 37.5 Å². The van der Waals surface area contributed by atoms with Crippen molar-refractivity contribution in [3.8, 4) is 0 Å². The van der Waals surface area contributed by atoms with Crippen LogP contribution in [0.25, 0.3) is 0 Å². The Labute approximate surface area is 146 Å². The van der Waals surface area contributed by atoms with E-state index in [2.05, 4.69) is 20.1 Å². The first-order chi connectivity index (χ1) is 12.1. The molecule has 2 aliphatic heterocycles. The Kier molecular flexibility index (Phi) is 6.17. The van der Waals surface area contributed by atoms with Gasteiger partial charge in [-0.3, -0.25) is 4.90 Å². The Bertz CT molecular complexity index is 571. The van der Waals surface area contributed by atoms with Gasteiger partial charge in [0.15, 0.2) is 0 Å². The highest BCUT2D eigenvalue weighted by atomic mass is 19.3. The number of fused-ring (bicyclic) bond motifs is 1. The lowest BCUT2D eigenvalue weighted by Crippen LogP contribution is -2.52. The zero-order valence-electron chi connectivity index (χ0n) is 14.5. The van der Waals surface area contributed by atoms with Crippen molar-refractivity contribution >= 4 is 6.03 Å². The molecule has 0 bridgehead atoms. The summed E-state index contributed by atoms with van der Waals surface area (Å²) in [6.07, 6.45) is 2.84. The quantitative estimate of drug-likeness (QED) is 0.859. The molecule has 1 fully saturated rings. The van der Waals surface area contributed by atoms with Crippen molar-refractivity contribution in [2.24, 2.45) is 0 Å². The average molecular weight is 356 g/mol. The SMILES string of the molecule is O=C(NCCc1nnc2n1CCCCC2)N1CCN(CC(F)F)CC1. The smallest absolute Gasteiger partial charge is 0.317 e. The maximum absolute atomic E-state index is 12.4. The van der Waals surface area contributed by atoms with E-state index in [9.17, 15) is 13.6 Å². The summed E-state index contributed by atoms with van der Waals surface area (Å²) < 4.78 is 26.9. The molecule has 25 heavy (non-hydrogen) atoms. The van der Waals surface area contributed by atoms with E-state index in [1.165, 1.54) is 6.42 Å². The molecule has 1 aromatic rings. The second-order valence-electron chi connectivity index (χ2n) is 6.66. The van der Waals surface area contributed by atoms with Crippen LogP contribution in [0.15, 0.2) is 0 Å². The molecule has 9 heteroatoms. The maximum atomic E-state index is 12.4. The van der Waals surface area contributed by atoms with Crippen molar-refractivity contribution in [3.63, 3.8) is 0 Å². The molecule has 7 nitrogen and oxygen atoms in total. The minimum absolute atomic E-state index is 0.132. The number of carbonyl (C=O) groups is 1. The number of hydrogen-bond donors (Lipinski definition) is 1. The van der Waals surface area contributed by atoms with Gasteiger partial charge >= 0.3 is 6.03 Å². The second kappa shape index (κ2) is 8.55. The maximum Gasteiger partial charge on any atom is 0.317 e. The van der Waals surface area contributed by atoms with Gasteiger partial charge in [-0.2, -0.15) is 0 Å². The van der Waals surface area contributed by atoms with Crippen molar-refractivity contribution in [1.29, 1.82) is 0 Å². The Hall–Kier alpha value is -1.77. The third-order valence-electron chi connectivity index (χ3n) is 4.87. The van der Waals surface area contributed by atoms with Gasteiger partial charge in [-0.15, -0.1) is 10.2 Å². The van der Waals surface area contributed by atoms with E-state index in [1.807, 2.05) is 0 Å². The number of alkyl halides is 2. The van der Waals surface area contributed by atoms with Crippen molar-refractivity contribution in [3.05, 3.63) is 11.6 Å². The summed E-state index contributed by atoms with van der Waals surface area (Å²) in [5, 5.41) is 11.4. The molecule has 1 N–H and O–H groups in total. The van der Waals surface area contributed by atoms with Crippen LogP contribution in [0.2, 0.25) is 0 Å². The normalized spacial score (nSPS) is 18.9. The number of urea groups is 1. The third kappa shape index (κ3) is 4.87. The van der Waals surface area contributed by atoms with Crippen LogP contribution in [0, 0.1) is 0 Å². The molecule has 1 saturated heterocycles. The van der Waals surface area contributed by atoms with Crippen LogP contribution in [0.5, 0.6) is 0 Å². The van der Waals surface area contributed by atoms with Gasteiger partial charge in [0.1, 0.15) is 11.6 Å². The van der Waals surface area contributed by atoms with Crippen LogP contribution >= 0.6 is 0 Å². The molecule has 0 aromatic carbocycles. The summed E-state index contributed by atoms with van der Waals surface area (Å²) in [7, 11) is 0. The van der Waals surface area contributed by atoms with Crippen LogP contribution in [0.3, 0.4) is 0 Å². The van der Waals surface area contributed by atoms with Crippen molar-refractivity contribution in [2.45, 2.75) is 45.1 Å². The molecular formula is C16H26F2N6O. The van der Waals surface area contributed by atoms with E-state index < -0.39 is 6.43 Å². The number of nitrogens with zero attached hydrogens (tertiary/aromatic N) is 5. The minimum atomic E-state index is -2.32. The van der Waals surface area contributed by atoms with E-state index in [-0.39, 0.29) is 12.6 Å². The predicted molar refractivity (Wildman–Crippen MR) is 88.7 cm³/mol. The van der Waals surface area contributed by atoms with E-state index in [4.69, 9.17) is 0 Å².